The van der Waals surface area contributed by atoms with Crippen LogP contribution in [-0.4, -0.2) is 19.9 Å². The van der Waals surface area contributed by atoms with Gasteiger partial charge in [-0.05, 0) is 18.6 Å². The second-order valence-corrected chi connectivity index (χ2v) is 4.24. The molecule has 20 heavy (non-hydrogen) atoms. The summed E-state index contributed by atoms with van der Waals surface area (Å²) in [7, 11) is 0. The number of halogens is 2. The topological polar surface area (TPSA) is 92.5 Å². The van der Waals surface area contributed by atoms with Crippen LogP contribution in [0.25, 0.3) is 11.2 Å². The molecule has 3 rings (SSSR count). The summed E-state index contributed by atoms with van der Waals surface area (Å²) in [6.45, 7) is 1.48. The number of nitrogens with one attached hydrogen (secondary N) is 2. The van der Waals surface area contributed by atoms with Crippen LogP contribution in [0.5, 0.6) is 0 Å². The number of anilines is 3. The number of H-pyrrole nitrogens is 1. The van der Waals surface area contributed by atoms with Crippen LogP contribution in [-0.2, 0) is 0 Å². The van der Waals surface area contributed by atoms with E-state index < -0.39 is 11.6 Å². The Kier molecular flexibility index (Phi) is 2.70. The molecule has 0 spiro atoms. The molecule has 0 aliphatic heterocycles. The number of aromatic nitrogens is 4. The van der Waals surface area contributed by atoms with Crippen molar-refractivity contribution in [1.82, 2.24) is 19.9 Å². The van der Waals surface area contributed by atoms with Crippen molar-refractivity contribution in [3.05, 3.63) is 35.7 Å². The molecule has 0 aliphatic rings. The van der Waals surface area contributed by atoms with E-state index in [1.54, 1.807) is 0 Å². The van der Waals surface area contributed by atoms with Crippen LogP contribution >= 0.6 is 0 Å². The minimum absolute atomic E-state index is 0.0138. The van der Waals surface area contributed by atoms with E-state index in [0.29, 0.717) is 11.2 Å². The number of nitrogen functional groups attached to an aromatic ring is 1. The average molecular weight is 276 g/mol. The maximum Gasteiger partial charge on any atom is 0.224 e. The molecule has 0 atom stereocenters. The Morgan fingerprint density at radius 3 is 2.80 bits per heavy atom. The number of aromatic amines is 1. The van der Waals surface area contributed by atoms with Crippen molar-refractivity contribution in [2.24, 2.45) is 0 Å². The van der Waals surface area contributed by atoms with Gasteiger partial charge in [-0.25, -0.2) is 13.8 Å². The number of hydrogen-bond donors (Lipinski definition) is 3. The Morgan fingerprint density at radius 2 is 2.00 bits per heavy atom. The van der Waals surface area contributed by atoms with Gasteiger partial charge in [0.05, 0.1) is 12.0 Å². The molecule has 2 aromatic heterocycles. The first-order valence-corrected chi connectivity index (χ1v) is 5.74. The lowest BCUT2D eigenvalue weighted by Crippen LogP contribution is -2.03. The van der Waals surface area contributed by atoms with Crippen LogP contribution in [0.2, 0.25) is 0 Å². The molecule has 6 nitrogen and oxygen atoms in total. The van der Waals surface area contributed by atoms with Crippen molar-refractivity contribution in [2.45, 2.75) is 6.92 Å². The predicted octanol–water partition coefficient (Wildman–Crippen LogP) is 2.27. The van der Waals surface area contributed by atoms with Gasteiger partial charge < -0.3 is 16.0 Å². The van der Waals surface area contributed by atoms with E-state index in [1.807, 2.05) is 0 Å². The number of nitrogens with two attached hydrogens (primary N) is 1. The average Bonchev–Trinajstić information content (AvgIpc) is 2.84. The smallest absolute Gasteiger partial charge is 0.224 e. The maximum atomic E-state index is 13.8. The zero-order valence-electron chi connectivity index (χ0n) is 10.4. The molecule has 0 amide bonds. The fourth-order valence-electron chi connectivity index (χ4n) is 1.81. The highest BCUT2D eigenvalue weighted by Gasteiger charge is 2.12. The Morgan fingerprint density at radius 1 is 1.20 bits per heavy atom. The summed E-state index contributed by atoms with van der Waals surface area (Å²) in [5.41, 5.74) is 6.53. The Bertz CT molecular complexity index is 798. The third kappa shape index (κ3) is 2.00. The molecule has 0 fully saturated rings. The first-order valence-electron chi connectivity index (χ1n) is 5.74. The highest BCUT2D eigenvalue weighted by atomic mass is 19.1. The van der Waals surface area contributed by atoms with Gasteiger partial charge >= 0.3 is 0 Å². The first-order chi connectivity index (χ1) is 9.54. The van der Waals surface area contributed by atoms with E-state index in [4.69, 9.17) is 5.73 Å². The standard InChI is InChI=1S/C12H10F2N6/c1-5-2-7(14)8(3-6(5)13)18-11-9-10(17-4-16-9)19-12(15)20-11/h2-4H,1H3,(H4,15,16,17,18,19,20). The zero-order chi connectivity index (χ0) is 14.3. The quantitative estimate of drug-likeness (QED) is 0.667. The molecule has 4 N–H and O–H groups in total. The summed E-state index contributed by atoms with van der Waals surface area (Å²) >= 11 is 0. The summed E-state index contributed by atoms with van der Waals surface area (Å²) in [5, 5.41) is 2.69. The van der Waals surface area contributed by atoms with Gasteiger partial charge in [0.1, 0.15) is 17.2 Å². The number of aryl methyl sites for hydroxylation is 1. The number of benzene rings is 1. The highest BCUT2D eigenvalue weighted by molar-refractivity contribution is 5.85. The molecule has 0 saturated carbocycles. The fourth-order valence-corrected chi connectivity index (χ4v) is 1.81. The van der Waals surface area contributed by atoms with Gasteiger partial charge in [-0.15, -0.1) is 0 Å². The van der Waals surface area contributed by atoms with Gasteiger partial charge in [0, 0.05) is 6.07 Å². The van der Waals surface area contributed by atoms with Crippen LogP contribution in [0.4, 0.5) is 26.2 Å². The van der Waals surface area contributed by atoms with E-state index in [2.05, 4.69) is 25.3 Å². The van der Waals surface area contributed by atoms with Crippen molar-refractivity contribution >= 4 is 28.6 Å². The normalized spacial score (nSPS) is 10.9. The number of nitrogens with zero attached hydrogens (tertiary/aromatic N) is 3. The summed E-state index contributed by atoms with van der Waals surface area (Å²) in [5.74, 6) is -0.891. The van der Waals surface area contributed by atoms with E-state index in [0.717, 1.165) is 12.1 Å². The lowest BCUT2D eigenvalue weighted by atomic mass is 10.2. The minimum Gasteiger partial charge on any atom is -0.368 e. The molecule has 0 unspecified atom stereocenters. The van der Waals surface area contributed by atoms with Gasteiger partial charge in [-0.2, -0.15) is 9.97 Å². The SMILES string of the molecule is Cc1cc(F)c(Nc2nc(N)nc3nc[nH]c23)cc1F. The molecule has 0 radical (unpaired) electrons. The molecule has 0 bridgehead atoms. The summed E-state index contributed by atoms with van der Waals surface area (Å²) < 4.78 is 27.3. The van der Waals surface area contributed by atoms with E-state index in [9.17, 15) is 8.78 Å². The largest absolute Gasteiger partial charge is 0.368 e. The Hall–Kier alpha value is -2.77. The molecular formula is C12H10F2N6. The fraction of sp³-hybridized carbons (Fsp3) is 0.0833. The van der Waals surface area contributed by atoms with Gasteiger partial charge in [0.15, 0.2) is 11.5 Å². The summed E-state index contributed by atoms with van der Waals surface area (Å²) in [6, 6.07) is 2.16. The minimum atomic E-state index is -0.589. The molecule has 3 aromatic rings. The van der Waals surface area contributed by atoms with Crippen molar-refractivity contribution in [1.29, 1.82) is 0 Å². The number of rotatable bonds is 2. The lowest BCUT2D eigenvalue weighted by Gasteiger charge is -2.09. The molecular weight excluding hydrogens is 266 g/mol. The number of hydrogen-bond acceptors (Lipinski definition) is 5. The molecule has 0 aliphatic carbocycles. The second kappa shape index (κ2) is 4.41. The third-order valence-corrected chi connectivity index (χ3v) is 2.80. The molecule has 0 saturated heterocycles. The molecule has 1 aromatic carbocycles. The number of imidazole rings is 1. The maximum absolute atomic E-state index is 13.8. The van der Waals surface area contributed by atoms with Gasteiger partial charge in [-0.1, -0.05) is 0 Å². The van der Waals surface area contributed by atoms with Crippen molar-refractivity contribution in [3.63, 3.8) is 0 Å². The lowest BCUT2D eigenvalue weighted by molar-refractivity contribution is 0.595. The van der Waals surface area contributed by atoms with Crippen LogP contribution in [0.15, 0.2) is 18.5 Å². The number of fused-ring (bicyclic) bond motifs is 1. The summed E-state index contributed by atoms with van der Waals surface area (Å²) in [4.78, 5) is 14.6. The highest BCUT2D eigenvalue weighted by Crippen LogP contribution is 2.25. The van der Waals surface area contributed by atoms with Crippen molar-refractivity contribution in [3.8, 4) is 0 Å². The van der Waals surface area contributed by atoms with Crippen LogP contribution in [0.1, 0.15) is 5.56 Å². The summed E-state index contributed by atoms with van der Waals surface area (Å²) in [6.07, 6.45) is 1.41. The van der Waals surface area contributed by atoms with Crippen LogP contribution in [0.3, 0.4) is 0 Å². The van der Waals surface area contributed by atoms with Gasteiger partial charge in [-0.3, -0.25) is 0 Å². The van der Waals surface area contributed by atoms with Crippen molar-refractivity contribution < 1.29 is 8.78 Å². The van der Waals surface area contributed by atoms with Crippen LogP contribution in [0, 0.1) is 18.6 Å². The Labute approximate surface area is 112 Å². The van der Waals surface area contributed by atoms with E-state index >= 15 is 0 Å². The molecule has 102 valence electrons. The zero-order valence-corrected chi connectivity index (χ0v) is 10.4. The predicted molar refractivity (Wildman–Crippen MR) is 70.5 cm³/mol. The van der Waals surface area contributed by atoms with E-state index in [-0.39, 0.29) is 23.0 Å². The van der Waals surface area contributed by atoms with Gasteiger partial charge in [0.2, 0.25) is 5.95 Å². The van der Waals surface area contributed by atoms with Crippen molar-refractivity contribution in [2.75, 3.05) is 11.1 Å². The van der Waals surface area contributed by atoms with E-state index in [1.165, 1.54) is 13.3 Å². The molecule has 2 heterocycles. The third-order valence-electron chi connectivity index (χ3n) is 2.80. The first kappa shape index (κ1) is 12.3. The Balaban J connectivity index is 2.09. The molecule has 8 heteroatoms. The monoisotopic (exact) mass is 276 g/mol. The second-order valence-electron chi connectivity index (χ2n) is 4.24. The van der Waals surface area contributed by atoms with Crippen LogP contribution < -0.4 is 11.1 Å². The van der Waals surface area contributed by atoms with Gasteiger partial charge in [0.25, 0.3) is 0 Å².